The van der Waals surface area contributed by atoms with Crippen molar-refractivity contribution in [3.8, 4) is 0 Å². The molecule has 0 spiro atoms. The van der Waals surface area contributed by atoms with Crippen molar-refractivity contribution in [2.24, 2.45) is 0 Å². The van der Waals surface area contributed by atoms with Crippen LogP contribution in [0, 0.1) is 0 Å². The van der Waals surface area contributed by atoms with Gasteiger partial charge in [-0.15, -0.1) is 0 Å². The summed E-state index contributed by atoms with van der Waals surface area (Å²) >= 11 is 0. The molecular weight excluding hydrogens is 376 g/mol. The summed E-state index contributed by atoms with van der Waals surface area (Å²) < 4.78 is 5.15. The third-order valence-corrected chi connectivity index (χ3v) is 4.40. The van der Waals surface area contributed by atoms with Gasteiger partial charge in [0.25, 0.3) is 0 Å². The van der Waals surface area contributed by atoms with Crippen molar-refractivity contribution in [3.63, 3.8) is 0 Å². The van der Waals surface area contributed by atoms with Crippen molar-refractivity contribution in [2.45, 2.75) is 39.2 Å². The zero-order valence-corrected chi connectivity index (χ0v) is 16.8. The van der Waals surface area contributed by atoms with Crippen LogP contribution < -0.4 is 16.0 Å². The van der Waals surface area contributed by atoms with E-state index in [4.69, 9.17) is 4.74 Å². The van der Waals surface area contributed by atoms with Gasteiger partial charge in [0.15, 0.2) is 0 Å². The molecular formula is C20H28N4O5. The van der Waals surface area contributed by atoms with E-state index in [0.717, 1.165) is 12.8 Å². The molecule has 0 saturated carbocycles. The molecule has 1 aromatic rings. The maximum Gasteiger partial charge on any atom is 0.307 e. The number of anilines is 2. The maximum atomic E-state index is 12.4. The number of rotatable bonds is 9. The SMILES string of the molecule is CCCCOC(=O)CC1C(=O)NCCN1CC(=O)Nc1ccc(NC(C)=O)cc1. The van der Waals surface area contributed by atoms with Crippen molar-refractivity contribution in [3.05, 3.63) is 24.3 Å². The number of carbonyl (C=O) groups is 4. The zero-order chi connectivity index (χ0) is 21.2. The van der Waals surface area contributed by atoms with Crippen LogP contribution in [0.25, 0.3) is 0 Å². The third kappa shape index (κ3) is 7.53. The summed E-state index contributed by atoms with van der Waals surface area (Å²) in [6.45, 7) is 4.61. The topological polar surface area (TPSA) is 117 Å². The fraction of sp³-hybridized carbons (Fsp3) is 0.500. The van der Waals surface area contributed by atoms with Gasteiger partial charge in [-0.2, -0.15) is 0 Å². The first-order chi connectivity index (χ1) is 13.9. The predicted octanol–water partition coefficient (Wildman–Crippen LogP) is 1.12. The number of unbranched alkanes of at least 4 members (excludes halogenated alkanes) is 1. The third-order valence-electron chi connectivity index (χ3n) is 4.40. The Balaban J connectivity index is 1.91. The average molecular weight is 404 g/mol. The van der Waals surface area contributed by atoms with Crippen molar-refractivity contribution in [1.29, 1.82) is 0 Å². The molecule has 29 heavy (non-hydrogen) atoms. The van der Waals surface area contributed by atoms with Crippen LogP contribution in [0.5, 0.6) is 0 Å². The molecule has 158 valence electrons. The van der Waals surface area contributed by atoms with E-state index in [9.17, 15) is 19.2 Å². The van der Waals surface area contributed by atoms with E-state index in [2.05, 4.69) is 16.0 Å². The van der Waals surface area contributed by atoms with E-state index in [1.165, 1.54) is 6.92 Å². The van der Waals surface area contributed by atoms with Crippen LogP contribution in [-0.4, -0.2) is 60.9 Å². The van der Waals surface area contributed by atoms with Gasteiger partial charge < -0.3 is 20.7 Å². The monoisotopic (exact) mass is 404 g/mol. The summed E-state index contributed by atoms with van der Waals surface area (Å²) in [4.78, 5) is 49.4. The highest BCUT2D eigenvalue weighted by Crippen LogP contribution is 2.15. The quantitative estimate of drug-likeness (QED) is 0.419. The minimum atomic E-state index is -0.731. The van der Waals surface area contributed by atoms with Gasteiger partial charge in [0.2, 0.25) is 17.7 Å². The average Bonchev–Trinajstić information content (AvgIpc) is 2.66. The van der Waals surface area contributed by atoms with E-state index >= 15 is 0 Å². The van der Waals surface area contributed by atoms with E-state index in [0.29, 0.717) is 31.1 Å². The predicted molar refractivity (Wildman–Crippen MR) is 108 cm³/mol. The fourth-order valence-electron chi connectivity index (χ4n) is 2.95. The van der Waals surface area contributed by atoms with Gasteiger partial charge in [-0.1, -0.05) is 13.3 Å². The Labute approximate surface area is 170 Å². The number of hydrogen-bond donors (Lipinski definition) is 3. The second kappa shape index (κ2) is 11.2. The molecule has 1 saturated heterocycles. The molecule has 1 aliphatic heterocycles. The lowest BCUT2D eigenvalue weighted by molar-refractivity contribution is -0.149. The Bertz CT molecular complexity index is 735. The lowest BCUT2D eigenvalue weighted by atomic mass is 10.1. The summed E-state index contributed by atoms with van der Waals surface area (Å²) in [6, 6.07) is 5.98. The number of ether oxygens (including phenoxy) is 1. The van der Waals surface area contributed by atoms with Gasteiger partial charge in [0.05, 0.1) is 19.6 Å². The molecule has 1 atom stereocenters. The number of esters is 1. The van der Waals surface area contributed by atoms with Gasteiger partial charge >= 0.3 is 5.97 Å². The Morgan fingerprint density at radius 2 is 1.83 bits per heavy atom. The van der Waals surface area contributed by atoms with Gasteiger partial charge in [-0.3, -0.25) is 24.1 Å². The number of benzene rings is 1. The highest BCUT2D eigenvalue weighted by atomic mass is 16.5. The molecule has 0 aliphatic carbocycles. The highest BCUT2D eigenvalue weighted by molar-refractivity contribution is 5.94. The molecule has 1 unspecified atom stereocenters. The first-order valence-corrected chi connectivity index (χ1v) is 9.74. The molecule has 1 aliphatic rings. The van der Waals surface area contributed by atoms with Gasteiger partial charge in [-0.05, 0) is 30.7 Å². The van der Waals surface area contributed by atoms with Crippen LogP contribution in [-0.2, 0) is 23.9 Å². The minimum Gasteiger partial charge on any atom is -0.466 e. The molecule has 0 radical (unpaired) electrons. The smallest absolute Gasteiger partial charge is 0.307 e. The normalized spacial score (nSPS) is 16.6. The van der Waals surface area contributed by atoms with Crippen LogP contribution in [0.2, 0.25) is 0 Å². The lowest BCUT2D eigenvalue weighted by Gasteiger charge is -2.33. The van der Waals surface area contributed by atoms with E-state index in [1.807, 2.05) is 6.92 Å². The Kier molecular flexibility index (Phi) is 8.60. The number of carbonyl (C=O) groups excluding carboxylic acids is 4. The Morgan fingerprint density at radius 1 is 1.17 bits per heavy atom. The summed E-state index contributed by atoms with van der Waals surface area (Å²) in [5.41, 5.74) is 1.20. The molecule has 0 aromatic heterocycles. The molecule has 2 rings (SSSR count). The number of hydrogen-bond acceptors (Lipinski definition) is 6. The van der Waals surface area contributed by atoms with Crippen LogP contribution in [0.1, 0.15) is 33.1 Å². The van der Waals surface area contributed by atoms with E-state index in [1.54, 1.807) is 29.2 Å². The molecule has 1 fully saturated rings. The summed E-state index contributed by atoms with van der Waals surface area (Å²) in [7, 11) is 0. The standard InChI is InChI=1S/C20H28N4O5/c1-3-4-11-29-19(27)12-17-20(28)21-9-10-24(17)13-18(26)23-16-7-5-15(6-8-16)22-14(2)25/h5-8,17H,3-4,9-13H2,1-2H3,(H,21,28)(H,22,25)(H,23,26). The molecule has 9 heteroatoms. The number of nitrogens with one attached hydrogen (secondary N) is 3. The first kappa shape index (κ1) is 22.4. The van der Waals surface area contributed by atoms with Crippen molar-refractivity contribution in [2.75, 3.05) is 36.9 Å². The van der Waals surface area contributed by atoms with Crippen molar-refractivity contribution in [1.82, 2.24) is 10.2 Å². The molecule has 1 heterocycles. The van der Waals surface area contributed by atoms with Gasteiger partial charge in [0.1, 0.15) is 6.04 Å². The lowest BCUT2D eigenvalue weighted by Crippen LogP contribution is -2.57. The largest absolute Gasteiger partial charge is 0.466 e. The summed E-state index contributed by atoms with van der Waals surface area (Å²) in [6.07, 6.45) is 1.60. The van der Waals surface area contributed by atoms with E-state index in [-0.39, 0.29) is 30.7 Å². The maximum absolute atomic E-state index is 12.4. The summed E-state index contributed by atoms with van der Waals surface area (Å²) in [5, 5.41) is 8.13. The van der Waals surface area contributed by atoms with Crippen molar-refractivity contribution < 1.29 is 23.9 Å². The molecule has 0 bridgehead atoms. The molecule has 3 amide bonds. The molecule has 1 aromatic carbocycles. The molecule has 9 nitrogen and oxygen atoms in total. The number of piperazine rings is 1. The Hall–Kier alpha value is -2.94. The fourth-order valence-corrected chi connectivity index (χ4v) is 2.95. The minimum absolute atomic E-state index is 0.0201. The first-order valence-electron chi connectivity index (χ1n) is 9.74. The van der Waals surface area contributed by atoms with Gasteiger partial charge in [-0.25, -0.2) is 0 Å². The number of amides is 3. The number of nitrogens with zero attached hydrogens (tertiary/aromatic N) is 1. The van der Waals surface area contributed by atoms with Crippen LogP contribution in [0.15, 0.2) is 24.3 Å². The van der Waals surface area contributed by atoms with Crippen molar-refractivity contribution >= 4 is 35.1 Å². The zero-order valence-electron chi connectivity index (χ0n) is 16.8. The second-order valence-corrected chi connectivity index (χ2v) is 6.86. The summed E-state index contributed by atoms with van der Waals surface area (Å²) in [5.74, 6) is -1.20. The van der Waals surface area contributed by atoms with Crippen LogP contribution in [0.4, 0.5) is 11.4 Å². The van der Waals surface area contributed by atoms with Crippen LogP contribution >= 0.6 is 0 Å². The molecule has 3 N–H and O–H groups in total. The second-order valence-electron chi connectivity index (χ2n) is 6.86. The van der Waals surface area contributed by atoms with Crippen LogP contribution in [0.3, 0.4) is 0 Å². The van der Waals surface area contributed by atoms with Gasteiger partial charge in [0, 0.05) is 31.4 Å². The Morgan fingerprint density at radius 3 is 2.45 bits per heavy atom. The van der Waals surface area contributed by atoms with E-state index < -0.39 is 12.0 Å². The highest BCUT2D eigenvalue weighted by Gasteiger charge is 2.33.